The Bertz CT molecular complexity index is 456. The van der Waals surface area contributed by atoms with E-state index in [9.17, 15) is 0 Å². The summed E-state index contributed by atoms with van der Waals surface area (Å²) in [5, 5.41) is 0. The first-order valence-corrected chi connectivity index (χ1v) is 6.83. The van der Waals surface area contributed by atoms with Crippen LogP contribution >= 0.6 is 15.9 Å². The molecule has 0 radical (unpaired) electrons. The van der Waals surface area contributed by atoms with Crippen molar-refractivity contribution in [1.82, 2.24) is 0 Å². The lowest BCUT2D eigenvalue weighted by molar-refractivity contribution is 0.0740. The van der Waals surface area contributed by atoms with E-state index in [0.717, 1.165) is 5.75 Å². The SMILES string of the molecule is Cc1ccc2c(c1)O[C@@]1(C)[C@@H](Br)CC[C@@]21C. The van der Waals surface area contributed by atoms with Gasteiger partial charge in [0.25, 0.3) is 0 Å². The van der Waals surface area contributed by atoms with Crippen LogP contribution in [0, 0.1) is 6.92 Å². The number of hydrogen-bond acceptors (Lipinski definition) is 1. The number of hydrogen-bond donors (Lipinski definition) is 0. The Morgan fingerprint density at radius 2 is 2.12 bits per heavy atom. The molecule has 16 heavy (non-hydrogen) atoms. The molecule has 0 spiro atoms. The molecule has 1 fully saturated rings. The second-order valence-corrected chi connectivity index (χ2v) is 6.65. The Morgan fingerprint density at radius 3 is 2.88 bits per heavy atom. The summed E-state index contributed by atoms with van der Waals surface area (Å²) in [5.74, 6) is 1.09. The first-order chi connectivity index (χ1) is 7.47. The van der Waals surface area contributed by atoms with Crippen LogP contribution in [0.4, 0.5) is 0 Å². The number of benzene rings is 1. The van der Waals surface area contributed by atoms with Crippen LogP contribution in [0.2, 0.25) is 0 Å². The molecule has 86 valence electrons. The molecule has 1 nitrogen and oxygen atoms in total. The molecule has 2 aliphatic rings. The molecular formula is C14H17BrO. The van der Waals surface area contributed by atoms with E-state index in [1.54, 1.807) is 0 Å². The fourth-order valence-corrected chi connectivity index (χ4v) is 4.09. The van der Waals surface area contributed by atoms with Gasteiger partial charge in [0.05, 0.1) is 4.83 Å². The van der Waals surface area contributed by atoms with Crippen LogP contribution in [-0.2, 0) is 5.41 Å². The Morgan fingerprint density at radius 1 is 1.38 bits per heavy atom. The van der Waals surface area contributed by atoms with Gasteiger partial charge in [-0.15, -0.1) is 0 Å². The molecule has 1 saturated carbocycles. The minimum atomic E-state index is -0.0802. The predicted molar refractivity (Wildman–Crippen MR) is 69.5 cm³/mol. The third kappa shape index (κ3) is 1.07. The van der Waals surface area contributed by atoms with Crippen molar-refractivity contribution < 1.29 is 4.74 Å². The summed E-state index contributed by atoms with van der Waals surface area (Å²) in [6, 6.07) is 6.62. The number of aryl methyl sites for hydroxylation is 1. The molecule has 0 aromatic heterocycles. The van der Waals surface area contributed by atoms with Crippen LogP contribution in [0.25, 0.3) is 0 Å². The molecule has 0 N–H and O–H groups in total. The smallest absolute Gasteiger partial charge is 0.128 e. The molecule has 0 unspecified atom stereocenters. The van der Waals surface area contributed by atoms with E-state index in [1.807, 2.05) is 0 Å². The molecule has 3 atom stereocenters. The van der Waals surface area contributed by atoms with Gasteiger partial charge in [0, 0.05) is 11.0 Å². The first-order valence-electron chi connectivity index (χ1n) is 5.91. The van der Waals surface area contributed by atoms with Crippen molar-refractivity contribution in [3.8, 4) is 5.75 Å². The van der Waals surface area contributed by atoms with Gasteiger partial charge in [-0.25, -0.2) is 0 Å². The molecular weight excluding hydrogens is 264 g/mol. The number of rotatable bonds is 0. The molecule has 3 rings (SSSR count). The summed E-state index contributed by atoms with van der Waals surface area (Å²) in [7, 11) is 0. The zero-order chi connectivity index (χ0) is 11.6. The Kier molecular flexibility index (Phi) is 2.02. The van der Waals surface area contributed by atoms with Crippen molar-refractivity contribution in [2.45, 2.75) is 49.5 Å². The normalized spacial score (nSPS) is 40.4. The molecule has 1 aliphatic heterocycles. The lowest BCUT2D eigenvalue weighted by Crippen LogP contribution is -2.47. The average Bonchev–Trinajstić information content (AvgIpc) is 2.57. The van der Waals surface area contributed by atoms with Crippen molar-refractivity contribution in [1.29, 1.82) is 0 Å². The highest BCUT2D eigenvalue weighted by Gasteiger charge is 2.61. The van der Waals surface area contributed by atoms with Gasteiger partial charge in [0.1, 0.15) is 11.4 Å². The molecule has 1 aromatic carbocycles. The van der Waals surface area contributed by atoms with Gasteiger partial charge >= 0.3 is 0 Å². The zero-order valence-electron chi connectivity index (χ0n) is 10.0. The van der Waals surface area contributed by atoms with Gasteiger partial charge in [-0.2, -0.15) is 0 Å². The molecule has 1 aromatic rings. The third-order valence-electron chi connectivity index (χ3n) is 4.64. The van der Waals surface area contributed by atoms with Crippen molar-refractivity contribution in [2.75, 3.05) is 0 Å². The molecule has 0 amide bonds. The van der Waals surface area contributed by atoms with Crippen molar-refractivity contribution in [2.24, 2.45) is 0 Å². The Labute approximate surface area is 105 Å². The second-order valence-electron chi connectivity index (χ2n) is 5.55. The monoisotopic (exact) mass is 280 g/mol. The topological polar surface area (TPSA) is 9.23 Å². The predicted octanol–water partition coefficient (Wildman–Crippen LogP) is 3.96. The van der Waals surface area contributed by atoms with E-state index in [1.165, 1.54) is 24.0 Å². The van der Waals surface area contributed by atoms with Crippen molar-refractivity contribution >= 4 is 15.9 Å². The molecule has 1 heterocycles. The number of alkyl halides is 1. The largest absolute Gasteiger partial charge is 0.485 e. The van der Waals surface area contributed by atoms with E-state index in [2.05, 4.69) is 54.9 Å². The quantitative estimate of drug-likeness (QED) is 0.654. The van der Waals surface area contributed by atoms with E-state index in [0.29, 0.717) is 4.83 Å². The summed E-state index contributed by atoms with van der Waals surface area (Å²) in [4.78, 5) is 0.456. The number of ether oxygens (including phenoxy) is 1. The summed E-state index contributed by atoms with van der Waals surface area (Å²) in [5.41, 5.74) is 2.76. The van der Waals surface area contributed by atoms with Gasteiger partial charge in [-0.05, 0) is 38.3 Å². The summed E-state index contributed by atoms with van der Waals surface area (Å²) < 4.78 is 6.27. The highest BCUT2D eigenvalue weighted by molar-refractivity contribution is 9.09. The van der Waals surface area contributed by atoms with E-state index >= 15 is 0 Å². The van der Waals surface area contributed by atoms with E-state index in [-0.39, 0.29) is 11.0 Å². The molecule has 0 bridgehead atoms. The standard InChI is InChI=1S/C14H17BrO/c1-9-4-5-10-11(8-9)16-14(3)12(15)6-7-13(10,14)2/h4-5,8,12H,6-7H2,1-3H3/t12-,13-,14-/m0/s1. The van der Waals surface area contributed by atoms with Gasteiger partial charge in [-0.3, -0.25) is 0 Å². The summed E-state index contributed by atoms with van der Waals surface area (Å²) >= 11 is 3.79. The zero-order valence-corrected chi connectivity index (χ0v) is 11.6. The van der Waals surface area contributed by atoms with Crippen LogP contribution in [0.5, 0.6) is 5.75 Å². The van der Waals surface area contributed by atoms with Crippen LogP contribution in [0.3, 0.4) is 0 Å². The van der Waals surface area contributed by atoms with Gasteiger partial charge in [0.2, 0.25) is 0 Å². The van der Waals surface area contributed by atoms with Crippen molar-refractivity contribution in [3.05, 3.63) is 29.3 Å². The number of fused-ring (bicyclic) bond motifs is 3. The minimum Gasteiger partial charge on any atom is -0.485 e. The van der Waals surface area contributed by atoms with Crippen LogP contribution in [0.15, 0.2) is 18.2 Å². The lowest BCUT2D eigenvalue weighted by atomic mass is 9.73. The van der Waals surface area contributed by atoms with Crippen LogP contribution in [-0.4, -0.2) is 10.4 Å². The minimum absolute atomic E-state index is 0.0802. The Balaban J connectivity index is 2.19. The Hall–Kier alpha value is -0.500. The van der Waals surface area contributed by atoms with Crippen LogP contribution < -0.4 is 4.74 Å². The maximum absolute atomic E-state index is 6.27. The van der Waals surface area contributed by atoms with E-state index < -0.39 is 0 Å². The fourth-order valence-electron chi connectivity index (χ4n) is 3.26. The molecule has 1 aliphatic carbocycles. The van der Waals surface area contributed by atoms with Gasteiger partial charge in [-0.1, -0.05) is 35.0 Å². The highest BCUT2D eigenvalue weighted by Crippen LogP contribution is 2.59. The highest BCUT2D eigenvalue weighted by atomic mass is 79.9. The third-order valence-corrected chi connectivity index (χ3v) is 5.98. The van der Waals surface area contributed by atoms with Crippen LogP contribution in [0.1, 0.15) is 37.8 Å². The van der Waals surface area contributed by atoms with Crippen molar-refractivity contribution in [3.63, 3.8) is 0 Å². The van der Waals surface area contributed by atoms with E-state index in [4.69, 9.17) is 4.74 Å². The lowest BCUT2D eigenvalue weighted by Gasteiger charge is -2.35. The first kappa shape index (κ1) is 10.6. The maximum atomic E-state index is 6.27. The average molecular weight is 281 g/mol. The number of halogens is 1. The second kappa shape index (κ2) is 3.04. The van der Waals surface area contributed by atoms with Gasteiger partial charge in [0.15, 0.2) is 0 Å². The maximum Gasteiger partial charge on any atom is 0.128 e. The fraction of sp³-hybridized carbons (Fsp3) is 0.571. The van der Waals surface area contributed by atoms with Gasteiger partial charge < -0.3 is 4.74 Å². The summed E-state index contributed by atoms with van der Waals surface area (Å²) in [6.45, 7) is 6.71. The summed E-state index contributed by atoms with van der Waals surface area (Å²) in [6.07, 6.45) is 2.40. The molecule has 0 saturated heterocycles. The molecule has 2 heteroatoms.